The highest BCUT2D eigenvalue weighted by molar-refractivity contribution is 5.43. The van der Waals surface area contributed by atoms with Gasteiger partial charge in [-0.15, -0.1) is 6.42 Å². The monoisotopic (exact) mass is 270 g/mol. The molecule has 0 spiro atoms. The Balaban J connectivity index is 1.65. The Kier molecular flexibility index (Phi) is 3.62. The molecule has 20 heavy (non-hydrogen) atoms. The van der Waals surface area contributed by atoms with Gasteiger partial charge in [0.1, 0.15) is 6.26 Å². The van der Waals surface area contributed by atoms with Crippen LogP contribution in [-0.4, -0.2) is 10.5 Å². The fourth-order valence-electron chi connectivity index (χ4n) is 2.69. The van der Waals surface area contributed by atoms with Crippen molar-refractivity contribution in [2.75, 3.05) is 0 Å². The molecule has 2 heterocycles. The first-order chi connectivity index (χ1) is 9.81. The summed E-state index contributed by atoms with van der Waals surface area (Å²) < 4.78 is 10.7. The Hall–Kier alpha value is -1.99. The van der Waals surface area contributed by atoms with E-state index in [1.165, 1.54) is 19.3 Å². The maximum Gasteiger partial charge on any atom is 0.263 e. The summed E-state index contributed by atoms with van der Waals surface area (Å²) in [7, 11) is 0. The molecule has 0 unspecified atom stereocenters. The van der Waals surface area contributed by atoms with Crippen LogP contribution >= 0.6 is 0 Å². The predicted molar refractivity (Wildman–Crippen MR) is 75.7 cm³/mol. The number of oxazole rings is 1. The molecule has 0 atom stereocenters. The molecule has 4 nitrogen and oxygen atoms in total. The molecule has 1 N–H and O–H groups in total. The normalized spacial score (nSPS) is 17.8. The van der Waals surface area contributed by atoms with Crippen molar-refractivity contribution < 1.29 is 8.83 Å². The van der Waals surface area contributed by atoms with Crippen LogP contribution in [0.3, 0.4) is 0 Å². The Labute approximate surface area is 118 Å². The second-order valence-electron chi connectivity index (χ2n) is 5.26. The van der Waals surface area contributed by atoms with E-state index in [-0.39, 0.29) is 5.54 Å². The first-order valence-electron chi connectivity index (χ1n) is 7.02. The van der Waals surface area contributed by atoms with E-state index >= 15 is 0 Å². The molecule has 1 aliphatic carbocycles. The number of hydrogen-bond donors (Lipinski definition) is 1. The minimum absolute atomic E-state index is 0.179. The molecule has 0 bridgehead atoms. The predicted octanol–water partition coefficient (Wildman–Crippen LogP) is 3.36. The molecule has 1 saturated carbocycles. The fraction of sp³-hybridized carbons (Fsp3) is 0.438. The van der Waals surface area contributed by atoms with Gasteiger partial charge in [0, 0.05) is 6.54 Å². The number of aromatic nitrogens is 1. The number of rotatable bonds is 4. The van der Waals surface area contributed by atoms with E-state index in [1.54, 1.807) is 12.5 Å². The maximum atomic E-state index is 5.71. The number of terminal acetylenes is 1. The van der Waals surface area contributed by atoms with Gasteiger partial charge in [-0.2, -0.15) is 0 Å². The second-order valence-corrected chi connectivity index (χ2v) is 5.26. The second kappa shape index (κ2) is 5.56. The summed E-state index contributed by atoms with van der Waals surface area (Å²) >= 11 is 0. The van der Waals surface area contributed by atoms with Crippen LogP contribution in [0.2, 0.25) is 0 Å². The number of hydrogen-bond acceptors (Lipinski definition) is 4. The van der Waals surface area contributed by atoms with Crippen molar-refractivity contribution in [3.63, 3.8) is 0 Å². The van der Waals surface area contributed by atoms with Gasteiger partial charge in [0.25, 0.3) is 5.89 Å². The van der Waals surface area contributed by atoms with Gasteiger partial charge in [0.15, 0.2) is 5.76 Å². The highest BCUT2D eigenvalue weighted by Crippen LogP contribution is 2.28. The lowest BCUT2D eigenvalue weighted by molar-refractivity contribution is 0.298. The van der Waals surface area contributed by atoms with E-state index in [1.807, 2.05) is 12.1 Å². The van der Waals surface area contributed by atoms with Gasteiger partial charge < -0.3 is 8.83 Å². The fourth-order valence-corrected chi connectivity index (χ4v) is 2.69. The van der Waals surface area contributed by atoms with Crippen molar-refractivity contribution in [3.05, 3.63) is 30.4 Å². The molecule has 0 aromatic carbocycles. The summed E-state index contributed by atoms with van der Waals surface area (Å²) in [6.07, 6.45) is 14.7. The first-order valence-corrected chi connectivity index (χ1v) is 7.02. The van der Waals surface area contributed by atoms with Crippen LogP contribution in [-0.2, 0) is 6.54 Å². The highest BCUT2D eigenvalue weighted by atomic mass is 16.4. The molecule has 0 saturated heterocycles. The van der Waals surface area contributed by atoms with Crippen LogP contribution in [0.15, 0.2) is 33.5 Å². The van der Waals surface area contributed by atoms with Gasteiger partial charge in [-0.05, 0) is 25.0 Å². The van der Waals surface area contributed by atoms with Crippen LogP contribution in [0.5, 0.6) is 0 Å². The summed E-state index contributed by atoms with van der Waals surface area (Å²) in [4.78, 5) is 4.41. The van der Waals surface area contributed by atoms with Crippen LogP contribution in [0.25, 0.3) is 11.7 Å². The van der Waals surface area contributed by atoms with Crippen LogP contribution in [0, 0.1) is 12.3 Å². The Morgan fingerprint density at radius 1 is 1.30 bits per heavy atom. The molecule has 4 heteroatoms. The largest absolute Gasteiger partial charge is 0.459 e. The van der Waals surface area contributed by atoms with E-state index in [2.05, 4.69) is 16.2 Å². The third-order valence-electron chi connectivity index (χ3n) is 3.88. The van der Waals surface area contributed by atoms with E-state index in [9.17, 15) is 0 Å². The summed E-state index contributed by atoms with van der Waals surface area (Å²) in [5.41, 5.74) is 0.666. The third-order valence-corrected chi connectivity index (χ3v) is 3.88. The quantitative estimate of drug-likeness (QED) is 0.865. The van der Waals surface area contributed by atoms with E-state index in [0.29, 0.717) is 18.2 Å². The van der Waals surface area contributed by atoms with Crippen LogP contribution in [0.4, 0.5) is 0 Å². The maximum absolute atomic E-state index is 5.71. The lowest BCUT2D eigenvalue weighted by atomic mass is 9.82. The van der Waals surface area contributed by atoms with Gasteiger partial charge in [-0.3, -0.25) is 5.32 Å². The van der Waals surface area contributed by atoms with Crippen molar-refractivity contribution in [2.45, 2.75) is 44.2 Å². The topological polar surface area (TPSA) is 51.2 Å². The van der Waals surface area contributed by atoms with Crippen LogP contribution < -0.4 is 5.32 Å². The molecular weight excluding hydrogens is 252 g/mol. The number of nitrogens with one attached hydrogen (secondary N) is 1. The molecule has 2 aromatic heterocycles. The zero-order valence-electron chi connectivity index (χ0n) is 11.4. The Morgan fingerprint density at radius 2 is 2.15 bits per heavy atom. The number of furan rings is 1. The highest BCUT2D eigenvalue weighted by Gasteiger charge is 2.29. The van der Waals surface area contributed by atoms with Gasteiger partial charge in [0.05, 0.1) is 17.5 Å². The molecular formula is C16H18N2O2. The Morgan fingerprint density at radius 3 is 2.85 bits per heavy atom. The Bertz CT molecular complexity index is 586. The van der Waals surface area contributed by atoms with Crippen molar-refractivity contribution in [1.29, 1.82) is 0 Å². The average Bonchev–Trinajstić information content (AvgIpc) is 3.17. The lowest BCUT2D eigenvalue weighted by Gasteiger charge is -2.33. The van der Waals surface area contributed by atoms with E-state index < -0.39 is 0 Å². The first kappa shape index (κ1) is 13.0. The molecule has 104 valence electrons. The van der Waals surface area contributed by atoms with Gasteiger partial charge in [-0.25, -0.2) is 4.98 Å². The lowest BCUT2D eigenvalue weighted by Crippen LogP contribution is -2.45. The molecule has 1 fully saturated rings. The molecule has 0 radical (unpaired) electrons. The van der Waals surface area contributed by atoms with Crippen molar-refractivity contribution in [2.24, 2.45) is 0 Å². The van der Waals surface area contributed by atoms with Gasteiger partial charge >= 0.3 is 0 Å². The van der Waals surface area contributed by atoms with Crippen molar-refractivity contribution in [3.8, 4) is 24.0 Å². The summed E-state index contributed by atoms with van der Waals surface area (Å²) in [6.45, 7) is 0.619. The van der Waals surface area contributed by atoms with E-state index in [4.69, 9.17) is 15.3 Å². The summed E-state index contributed by atoms with van der Waals surface area (Å²) in [5, 5.41) is 3.47. The minimum atomic E-state index is -0.179. The summed E-state index contributed by atoms with van der Waals surface area (Å²) in [5.74, 6) is 4.08. The zero-order valence-corrected chi connectivity index (χ0v) is 11.4. The molecule has 3 rings (SSSR count). The van der Waals surface area contributed by atoms with Crippen molar-refractivity contribution >= 4 is 0 Å². The smallest absolute Gasteiger partial charge is 0.263 e. The average molecular weight is 270 g/mol. The van der Waals surface area contributed by atoms with Gasteiger partial charge in [0.2, 0.25) is 0 Å². The SMILES string of the molecule is C#CC1(NCc2coc(-c3ccco3)n2)CCCCC1. The molecule has 0 amide bonds. The molecule has 2 aromatic rings. The van der Waals surface area contributed by atoms with E-state index in [0.717, 1.165) is 18.5 Å². The third kappa shape index (κ3) is 2.63. The minimum Gasteiger partial charge on any atom is -0.459 e. The van der Waals surface area contributed by atoms with Gasteiger partial charge in [-0.1, -0.05) is 25.2 Å². The standard InChI is InChI=1S/C16H18N2O2/c1-2-16(8-4-3-5-9-16)17-11-13-12-20-15(18-13)14-7-6-10-19-14/h1,6-7,10,12,17H,3-5,8-9,11H2. The summed E-state index contributed by atoms with van der Waals surface area (Å²) in [6, 6.07) is 3.64. The van der Waals surface area contributed by atoms with Crippen molar-refractivity contribution in [1.82, 2.24) is 10.3 Å². The molecule has 0 aliphatic heterocycles. The molecule has 1 aliphatic rings. The zero-order chi connectivity index (χ0) is 13.8. The number of nitrogens with zero attached hydrogens (tertiary/aromatic N) is 1. The van der Waals surface area contributed by atoms with Crippen LogP contribution in [0.1, 0.15) is 37.8 Å².